The van der Waals surface area contributed by atoms with Crippen molar-refractivity contribution in [1.82, 2.24) is 20.4 Å². The maximum absolute atomic E-state index is 12.7. The minimum Gasteiger partial charge on any atom is -0.356 e. The minimum absolute atomic E-state index is 0.0215. The van der Waals surface area contributed by atoms with Gasteiger partial charge in [-0.05, 0) is 51.0 Å². The van der Waals surface area contributed by atoms with Crippen molar-refractivity contribution in [2.45, 2.75) is 45.4 Å². The lowest BCUT2D eigenvalue weighted by Gasteiger charge is -2.30. The summed E-state index contributed by atoms with van der Waals surface area (Å²) in [5, 5.41) is 7.27. The predicted molar refractivity (Wildman–Crippen MR) is 137 cm³/mol. The summed E-state index contributed by atoms with van der Waals surface area (Å²) in [6, 6.07) is 16.7. The summed E-state index contributed by atoms with van der Waals surface area (Å²) in [7, 11) is 0. The Morgan fingerprint density at radius 1 is 1.18 bits per heavy atom. The number of hydrogen-bond donors (Lipinski definition) is 1. The molecule has 7 heteroatoms. The Labute approximate surface area is 206 Å². The number of hydrogen-bond acceptors (Lipinski definition) is 6. The van der Waals surface area contributed by atoms with E-state index in [1.807, 2.05) is 36.0 Å². The van der Waals surface area contributed by atoms with Crippen LogP contribution in [0.1, 0.15) is 41.8 Å². The van der Waals surface area contributed by atoms with E-state index < -0.39 is 0 Å². The van der Waals surface area contributed by atoms with Crippen LogP contribution in [0.5, 0.6) is 0 Å². The van der Waals surface area contributed by atoms with Crippen molar-refractivity contribution < 1.29 is 9.32 Å². The van der Waals surface area contributed by atoms with Crippen molar-refractivity contribution in [2.24, 2.45) is 5.92 Å². The smallest absolute Gasteiger partial charge is 0.241 e. The average molecular weight is 479 g/mol. The van der Waals surface area contributed by atoms with Crippen molar-refractivity contribution in [2.75, 3.05) is 25.4 Å². The molecule has 4 rings (SSSR count). The van der Waals surface area contributed by atoms with Crippen LogP contribution in [0.4, 0.5) is 0 Å². The van der Waals surface area contributed by atoms with E-state index in [1.165, 1.54) is 16.7 Å². The van der Waals surface area contributed by atoms with Crippen LogP contribution in [0.2, 0.25) is 0 Å². The molecule has 1 aromatic heterocycles. The molecule has 0 saturated carbocycles. The van der Waals surface area contributed by atoms with Crippen molar-refractivity contribution >= 4 is 17.7 Å². The number of aromatic nitrogens is 2. The minimum atomic E-state index is 0.0215. The maximum Gasteiger partial charge on any atom is 0.241 e. The van der Waals surface area contributed by atoms with Crippen molar-refractivity contribution in [1.29, 1.82) is 0 Å². The number of nitrogens with one attached hydrogen (secondary N) is 1. The summed E-state index contributed by atoms with van der Waals surface area (Å²) in [4.78, 5) is 19.5. The predicted octanol–water partition coefficient (Wildman–Crippen LogP) is 5.01. The molecule has 0 aliphatic carbocycles. The van der Waals surface area contributed by atoms with Gasteiger partial charge in [0.25, 0.3) is 0 Å². The Bertz CT molecular complexity index is 1070. The third-order valence-electron chi connectivity index (χ3n) is 6.13. The zero-order chi connectivity index (χ0) is 23.8. The third kappa shape index (κ3) is 7.18. The number of rotatable bonds is 10. The topological polar surface area (TPSA) is 71.3 Å². The molecule has 180 valence electrons. The van der Waals surface area contributed by atoms with Crippen molar-refractivity contribution in [3.8, 4) is 11.4 Å². The second-order valence-corrected chi connectivity index (χ2v) is 10.2. The highest BCUT2D eigenvalue weighted by Gasteiger charge is 2.26. The van der Waals surface area contributed by atoms with Crippen LogP contribution in [-0.2, 0) is 17.1 Å². The molecule has 1 N–H and O–H groups in total. The lowest BCUT2D eigenvalue weighted by atomic mass is 9.97. The molecule has 1 saturated heterocycles. The number of nitrogens with zero attached hydrogens (tertiary/aromatic N) is 3. The van der Waals surface area contributed by atoms with Crippen LogP contribution >= 0.6 is 11.8 Å². The molecule has 1 unspecified atom stereocenters. The summed E-state index contributed by atoms with van der Waals surface area (Å²) in [5.41, 5.74) is 4.82. The number of thioether (sulfide) groups is 1. The molecule has 1 amide bonds. The van der Waals surface area contributed by atoms with Gasteiger partial charge in [-0.25, -0.2) is 0 Å². The number of carbonyl (C=O) groups excluding carboxylic acids is 1. The normalized spacial score (nSPS) is 16.5. The molecule has 0 spiro atoms. The summed E-state index contributed by atoms with van der Waals surface area (Å²) in [5.74, 6) is 3.47. The lowest BCUT2D eigenvalue weighted by Crippen LogP contribution is -2.43. The number of aryl methyl sites for hydroxylation is 2. The van der Waals surface area contributed by atoms with E-state index in [0.717, 1.165) is 56.0 Å². The number of amides is 1. The number of piperidine rings is 1. The lowest BCUT2D eigenvalue weighted by molar-refractivity contribution is -0.126. The monoisotopic (exact) mass is 478 g/mol. The SMILES string of the molecule is Cc1ccc(-c2noc(CN3CCCC(C(=O)NCCCSCc4cccc(C)c4)C3)n2)cc1. The molecule has 34 heavy (non-hydrogen) atoms. The third-order valence-corrected chi connectivity index (χ3v) is 7.24. The molecule has 1 atom stereocenters. The Morgan fingerprint density at radius 2 is 2.03 bits per heavy atom. The van der Waals surface area contributed by atoms with E-state index in [2.05, 4.69) is 58.5 Å². The zero-order valence-electron chi connectivity index (χ0n) is 20.1. The molecule has 6 nitrogen and oxygen atoms in total. The maximum atomic E-state index is 12.7. The molecule has 1 aliphatic rings. The second-order valence-electron chi connectivity index (χ2n) is 9.14. The molecule has 2 aromatic carbocycles. The van der Waals surface area contributed by atoms with Crippen molar-refractivity contribution in [3.05, 3.63) is 71.1 Å². The summed E-state index contributed by atoms with van der Waals surface area (Å²) >= 11 is 1.92. The van der Waals surface area contributed by atoms with Crippen LogP contribution in [-0.4, -0.2) is 46.3 Å². The molecular formula is C27H34N4O2S. The average Bonchev–Trinajstić information content (AvgIpc) is 3.30. The Balaban J connectivity index is 1.16. The number of likely N-dealkylation sites (tertiary alicyclic amines) is 1. The largest absolute Gasteiger partial charge is 0.356 e. The Kier molecular flexibility index (Phi) is 8.77. The molecule has 1 aliphatic heterocycles. The number of benzene rings is 2. The molecule has 0 bridgehead atoms. The van der Waals surface area contributed by atoms with Crippen LogP contribution in [0.25, 0.3) is 11.4 Å². The first-order chi connectivity index (χ1) is 16.6. The van der Waals surface area contributed by atoms with E-state index in [9.17, 15) is 4.79 Å². The van der Waals surface area contributed by atoms with E-state index >= 15 is 0 Å². The van der Waals surface area contributed by atoms with Gasteiger partial charge in [0.15, 0.2) is 0 Å². The summed E-state index contributed by atoms with van der Waals surface area (Å²) in [6.45, 7) is 7.18. The van der Waals surface area contributed by atoms with Gasteiger partial charge in [0.2, 0.25) is 17.6 Å². The fraction of sp³-hybridized carbons (Fsp3) is 0.444. The molecule has 1 fully saturated rings. The number of carbonyl (C=O) groups is 1. The molecular weight excluding hydrogens is 444 g/mol. The summed E-state index contributed by atoms with van der Waals surface area (Å²) in [6.07, 6.45) is 2.93. The second kappa shape index (κ2) is 12.2. The molecule has 0 radical (unpaired) electrons. The van der Waals surface area contributed by atoms with Gasteiger partial charge >= 0.3 is 0 Å². The van der Waals surface area contributed by atoms with Crippen LogP contribution in [0, 0.1) is 19.8 Å². The van der Waals surface area contributed by atoms with Crippen LogP contribution in [0.3, 0.4) is 0 Å². The van der Waals surface area contributed by atoms with Crippen molar-refractivity contribution in [3.63, 3.8) is 0 Å². The highest BCUT2D eigenvalue weighted by atomic mass is 32.2. The van der Waals surface area contributed by atoms with Gasteiger partial charge in [0, 0.05) is 24.4 Å². The first kappa shape index (κ1) is 24.5. The quantitative estimate of drug-likeness (QED) is 0.413. The van der Waals surface area contributed by atoms with Gasteiger partial charge in [-0.3, -0.25) is 9.69 Å². The molecule has 2 heterocycles. The highest BCUT2D eigenvalue weighted by molar-refractivity contribution is 7.98. The van der Waals surface area contributed by atoms with Crippen LogP contribution < -0.4 is 5.32 Å². The first-order valence-corrected chi connectivity index (χ1v) is 13.3. The van der Waals surface area contributed by atoms with Gasteiger partial charge in [-0.2, -0.15) is 16.7 Å². The molecule has 3 aromatic rings. The van der Waals surface area contributed by atoms with Gasteiger partial charge in [0.05, 0.1) is 12.5 Å². The Morgan fingerprint density at radius 3 is 2.85 bits per heavy atom. The summed E-state index contributed by atoms with van der Waals surface area (Å²) < 4.78 is 5.48. The fourth-order valence-electron chi connectivity index (χ4n) is 4.27. The van der Waals surface area contributed by atoms with E-state index in [4.69, 9.17) is 4.52 Å². The highest BCUT2D eigenvalue weighted by Crippen LogP contribution is 2.21. The van der Waals surface area contributed by atoms with E-state index in [0.29, 0.717) is 18.3 Å². The van der Waals surface area contributed by atoms with Gasteiger partial charge in [-0.1, -0.05) is 64.8 Å². The van der Waals surface area contributed by atoms with E-state index in [-0.39, 0.29) is 11.8 Å². The van der Waals surface area contributed by atoms with E-state index in [1.54, 1.807) is 0 Å². The van der Waals surface area contributed by atoms with Gasteiger partial charge < -0.3 is 9.84 Å². The fourth-order valence-corrected chi connectivity index (χ4v) is 5.17. The zero-order valence-corrected chi connectivity index (χ0v) is 20.9. The Hall–Kier alpha value is -2.64. The first-order valence-electron chi connectivity index (χ1n) is 12.1. The van der Waals surface area contributed by atoms with Gasteiger partial charge in [0.1, 0.15) is 0 Å². The van der Waals surface area contributed by atoms with Gasteiger partial charge in [-0.15, -0.1) is 0 Å². The van der Waals surface area contributed by atoms with Crippen LogP contribution in [0.15, 0.2) is 53.1 Å². The standard InChI is InChI=1S/C27H34N4O2S/c1-20-9-11-23(12-10-20)26-29-25(33-30-26)18-31-14-4-8-24(17-31)27(32)28-13-5-15-34-19-22-7-3-6-21(2)16-22/h3,6-7,9-12,16,24H,4-5,8,13-15,17-19H2,1-2H3,(H,28,32).